The van der Waals surface area contributed by atoms with Crippen LogP contribution in [-0.4, -0.2) is 43.8 Å². The number of carbonyl (C=O) groups excluding carboxylic acids is 1. The smallest absolute Gasteiger partial charge is 0.239 e. The van der Waals surface area contributed by atoms with Gasteiger partial charge in [0.25, 0.3) is 0 Å². The van der Waals surface area contributed by atoms with E-state index < -0.39 is 0 Å². The zero-order valence-corrected chi connectivity index (χ0v) is 17.1. The molecule has 4 nitrogen and oxygen atoms in total. The van der Waals surface area contributed by atoms with Crippen LogP contribution in [0.1, 0.15) is 0 Å². The summed E-state index contributed by atoms with van der Waals surface area (Å²) in [4.78, 5) is 21.7. The summed E-state index contributed by atoms with van der Waals surface area (Å²) in [7, 11) is 4.16. The van der Waals surface area contributed by atoms with Crippen molar-refractivity contribution in [3.8, 4) is 0 Å². The SMILES string of the molecule is C[NH+](C)CCN(C(=O)CSc1ccccc1)c1nc2c(Cl)cccc2s1. The van der Waals surface area contributed by atoms with Crippen LogP contribution >= 0.6 is 34.7 Å². The molecule has 1 aromatic heterocycles. The number of halogens is 1. The molecular formula is C19H21ClN3OS2+. The highest BCUT2D eigenvalue weighted by Crippen LogP contribution is 2.33. The molecular weight excluding hydrogens is 386 g/mol. The number of carbonyl (C=O) groups is 1. The van der Waals surface area contributed by atoms with Crippen LogP contribution in [0.4, 0.5) is 5.13 Å². The molecule has 1 heterocycles. The normalized spacial score (nSPS) is 11.2. The van der Waals surface area contributed by atoms with E-state index in [-0.39, 0.29) is 5.91 Å². The number of aromatic nitrogens is 1. The van der Waals surface area contributed by atoms with Gasteiger partial charge in [0.05, 0.1) is 42.7 Å². The van der Waals surface area contributed by atoms with Crippen molar-refractivity contribution in [1.82, 2.24) is 4.98 Å². The number of para-hydroxylation sites is 1. The van der Waals surface area contributed by atoms with E-state index in [0.717, 1.165) is 21.7 Å². The van der Waals surface area contributed by atoms with Gasteiger partial charge in [0.1, 0.15) is 5.52 Å². The monoisotopic (exact) mass is 406 g/mol. The number of benzene rings is 2. The average Bonchev–Trinajstić information content (AvgIpc) is 3.06. The van der Waals surface area contributed by atoms with Gasteiger partial charge in [-0.3, -0.25) is 9.69 Å². The molecule has 0 radical (unpaired) electrons. The lowest BCUT2D eigenvalue weighted by atomic mass is 10.3. The maximum Gasteiger partial charge on any atom is 0.239 e. The molecule has 7 heteroatoms. The van der Waals surface area contributed by atoms with E-state index >= 15 is 0 Å². The number of hydrogen-bond donors (Lipinski definition) is 1. The molecule has 0 saturated heterocycles. The van der Waals surface area contributed by atoms with Crippen LogP contribution in [-0.2, 0) is 4.79 Å². The number of rotatable bonds is 7. The molecule has 3 aromatic rings. The maximum atomic E-state index is 12.9. The fraction of sp³-hybridized carbons (Fsp3) is 0.263. The molecule has 0 aliphatic heterocycles. The Hall–Kier alpha value is -1.60. The molecule has 3 rings (SSSR count). The molecule has 0 saturated carbocycles. The van der Waals surface area contributed by atoms with E-state index in [9.17, 15) is 4.79 Å². The number of thioether (sulfide) groups is 1. The van der Waals surface area contributed by atoms with Crippen LogP contribution in [0, 0.1) is 0 Å². The lowest BCUT2D eigenvalue weighted by Gasteiger charge is -2.20. The Morgan fingerprint density at radius 2 is 1.96 bits per heavy atom. The van der Waals surface area contributed by atoms with Crippen LogP contribution in [0.15, 0.2) is 53.4 Å². The third-order valence-corrected chi connectivity index (χ3v) is 6.18. The van der Waals surface area contributed by atoms with Gasteiger partial charge in [-0.2, -0.15) is 0 Å². The lowest BCUT2D eigenvalue weighted by Crippen LogP contribution is -3.06. The van der Waals surface area contributed by atoms with Gasteiger partial charge in [-0.1, -0.05) is 47.2 Å². The van der Waals surface area contributed by atoms with E-state index in [1.807, 2.05) is 48.5 Å². The highest BCUT2D eigenvalue weighted by atomic mass is 35.5. The predicted octanol–water partition coefficient (Wildman–Crippen LogP) is 3.22. The van der Waals surface area contributed by atoms with Crippen molar-refractivity contribution in [3.05, 3.63) is 53.6 Å². The number of likely N-dealkylation sites (N-methyl/N-ethyl adjacent to an activating group) is 1. The Labute approximate surface area is 166 Å². The van der Waals surface area contributed by atoms with Crippen molar-refractivity contribution in [2.75, 3.05) is 37.8 Å². The second kappa shape index (κ2) is 8.86. The molecule has 0 aliphatic rings. The number of thiazole rings is 1. The highest BCUT2D eigenvalue weighted by molar-refractivity contribution is 8.00. The predicted molar refractivity (Wildman–Crippen MR) is 112 cm³/mol. The van der Waals surface area contributed by atoms with E-state index in [2.05, 4.69) is 19.1 Å². The summed E-state index contributed by atoms with van der Waals surface area (Å²) < 4.78 is 0.998. The second-order valence-corrected chi connectivity index (χ2v) is 8.65. The van der Waals surface area contributed by atoms with E-state index in [4.69, 9.17) is 11.6 Å². The summed E-state index contributed by atoms with van der Waals surface area (Å²) in [6.07, 6.45) is 0. The molecule has 0 bridgehead atoms. The van der Waals surface area contributed by atoms with Crippen molar-refractivity contribution in [2.45, 2.75) is 4.90 Å². The third-order valence-electron chi connectivity index (χ3n) is 3.83. The van der Waals surface area contributed by atoms with Crippen LogP contribution < -0.4 is 9.80 Å². The van der Waals surface area contributed by atoms with Crippen LogP contribution in [0.5, 0.6) is 0 Å². The van der Waals surface area contributed by atoms with Crippen molar-refractivity contribution in [3.63, 3.8) is 0 Å². The quantitative estimate of drug-likeness (QED) is 0.612. The first-order valence-corrected chi connectivity index (χ1v) is 10.5. The Morgan fingerprint density at radius 3 is 2.65 bits per heavy atom. The molecule has 0 unspecified atom stereocenters. The van der Waals surface area contributed by atoms with Crippen molar-refractivity contribution < 1.29 is 9.69 Å². The van der Waals surface area contributed by atoms with Crippen LogP contribution in [0.25, 0.3) is 10.2 Å². The summed E-state index contributed by atoms with van der Waals surface area (Å²) in [6.45, 7) is 1.49. The number of quaternary nitrogens is 1. The van der Waals surface area contributed by atoms with Gasteiger partial charge in [-0.15, -0.1) is 11.8 Å². The first kappa shape index (κ1) is 19.2. The summed E-state index contributed by atoms with van der Waals surface area (Å²) >= 11 is 9.32. The molecule has 2 aromatic carbocycles. The Kier molecular flexibility index (Phi) is 6.53. The zero-order valence-electron chi connectivity index (χ0n) is 14.7. The Balaban J connectivity index is 1.81. The minimum absolute atomic E-state index is 0.0651. The zero-order chi connectivity index (χ0) is 18.5. The topological polar surface area (TPSA) is 37.6 Å². The van der Waals surface area contributed by atoms with Crippen molar-refractivity contribution >= 4 is 56.0 Å². The van der Waals surface area contributed by atoms with Gasteiger partial charge in [0.2, 0.25) is 5.91 Å². The first-order valence-electron chi connectivity index (χ1n) is 8.37. The fourth-order valence-corrected chi connectivity index (χ4v) is 4.53. The molecule has 1 N–H and O–H groups in total. The Morgan fingerprint density at radius 1 is 1.19 bits per heavy atom. The first-order chi connectivity index (χ1) is 12.5. The number of nitrogens with one attached hydrogen (secondary N) is 1. The van der Waals surface area contributed by atoms with Crippen LogP contribution in [0.3, 0.4) is 0 Å². The van der Waals surface area contributed by atoms with Gasteiger partial charge < -0.3 is 4.90 Å². The molecule has 0 fully saturated rings. The maximum absolute atomic E-state index is 12.9. The minimum Gasteiger partial charge on any atom is -0.338 e. The van der Waals surface area contributed by atoms with Crippen molar-refractivity contribution in [1.29, 1.82) is 0 Å². The van der Waals surface area contributed by atoms with E-state index in [1.165, 1.54) is 16.2 Å². The minimum atomic E-state index is 0.0651. The fourth-order valence-electron chi connectivity index (χ4n) is 2.42. The number of nitrogens with zero attached hydrogens (tertiary/aromatic N) is 2. The molecule has 1 amide bonds. The molecule has 136 valence electrons. The van der Waals surface area contributed by atoms with Gasteiger partial charge in [-0.25, -0.2) is 4.98 Å². The molecule has 0 atom stereocenters. The standard InChI is InChI=1S/C19H20ClN3OS2/c1-22(2)11-12-23(17(24)13-25-14-7-4-3-5-8-14)19-21-18-15(20)9-6-10-16(18)26-19/h3-10H,11-13H2,1-2H3/p+1. The molecule has 0 spiro atoms. The molecule has 0 aliphatic carbocycles. The lowest BCUT2D eigenvalue weighted by molar-refractivity contribution is -0.856. The third kappa shape index (κ3) is 4.76. The van der Waals surface area contributed by atoms with E-state index in [1.54, 1.807) is 16.7 Å². The number of amides is 1. The molecule has 26 heavy (non-hydrogen) atoms. The largest absolute Gasteiger partial charge is 0.338 e. The summed E-state index contributed by atoms with van der Waals surface area (Å²) in [5, 5.41) is 1.34. The van der Waals surface area contributed by atoms with Crippen molar-refractivity contribution in [2.24, 2.45) is 0 Å². The second-order valence-electron chi connectivity index (χ2n) is 6.19. The number of hydrogen-bond acceptors (Lipinski definition) is 4. The van der Waals surface area contributed by atoms with Gasteiger partial charge in [0.15, 0.2) is 5.13 Å². The average molecular weight is 407 g/mol. The van der Waals surface area contributed by atoms with Gasteiger partial charge in [0, 0.05) is 4.90 Å². The summed E-state index contributed by atoms with van der Waals surface area (Å²) in [5.74, 6) is 0.450. The summed E-state index contributed by atoms with van der Waals surface area (Å²) in [5.41, 5.74) is 0.764. The highest BCUT2D eigenvalue weighted by Gasteiger charge is 2.21. The van der Waals surface area contributed by atoms with E-state index in [0.29, 0.717) is 22.5 Å². The Bertz CT molecular complexity index is 883. The van der Waals surface area contributed by atoms with Gasteiger partial charge >= 0.3 is 0 Å². The number of fused-ring (bicyclic) bond motifs is 1. The van der Waals surface area contributed by atoms with Gasteiger partial charge in [-0.05, 0) is 24.3 Å². The number of anilines is 1. The van der Waals surface area contributed by atoms with Crippen LogP contribution in [0.2, 0.25) is 5.02 Å². The summed E-state index contributed by atoms with van der Waals surface area (Å²) in [6, 6.07) is 15.7.